The van der Waals surface area contributed by atoms with E-state index >= 15 is 0 Å². The molecule has 0 amide bonds. The van der Waals surface area contributed by atoms with Gasteiger partial charge >= 0.3 is 0 Å². The second-order valence-electron chi connectivity index (χ2n) is 5.13. The highest BCUT2D eigenvalue weighted by Gasteiger charge is 2.25. The summed E-state index contributed by atoms with van der Waals surface area (Å²) in [6.07, 6.45) is 0. The van der Waals surface area contributed by atoms with Crippen LogP contribution in [0.15, 0.2) is 18.2 Å². The molecule has 0 aliphatic carbocycles. The van der Waals surface area contributed by atoms with Crippen molar-refractivity contribution in [1.29, 1.82) is 0 Å². The van der Waals surface area contributed by atoms with Crippen molar-refractivity contribution in [3.8, 4) is 5.75 Å². The second kappa shape index (κ2) is 5.94. The maximum absolute atomic E-state index is 11.1. The summed E-state index contributed by atoms with van der Waals surface area (Å²) < 4.78 is 27.5. The van der Waals surface area contributed by atoms with Crippen LogP contribution < -0.4 is 9.88 Å². The van der Waals surface area contributed by atoms with Gasteiger partial charge in [0.05, 0.1) is 22.3 Å². The molecule has 0 aromatic heterocycles. The number of non-ortho nitro benzene ring substituents is 1. The van der Waals surface area contributed by atoms with Gasteiger partial charge in [-0.2, -0.15) is 0 Å². The molecule has 2 N–H and O–H groups in total. The summed E-state index contributed by atoms with van der Waals surface area (Å²) in [5.74, 6) is 0.00434. The molecule has 1 rings (SSSR count). The van der Waals surface area contributed by atoms with Crippen molar-refractivity contribution >= 4 is 27.3 Å². The molecule has 0 bridgehead atoms. The van der Waals surface area contributed by atoms with Gasteiger partial charge in [0.15, 0.2) is 0 Å². The molecule has 0 radical (unpaired) electrons. The summed E-state index contributed by atoms with van der Waals surface area (Å²) in [5, 5.41) is 15.6. The number of nitro benzene ring substituents is 1. The number of rotatable bonds is 6. The van der Waals surface area contributed by atoms with Crippen LogP contribution in [-0.4, -0.2) is 25.7 Å². The monoisotopic (exact) mass is 322 g/mol. The Hall–Kier alpha value is -1.38. The number of hydrogen-bond donors (Lipinski definition) is 1. The molecule has 9 heteroatoms. The van der Waals surface area contributed by atoms with Crippen molar-refractivity contribution in [3.63, 3.8) is 0 Å². The van der Waals surface area contributed by atoms with Gasteiger partial charge in [0.25, 0.3) is 5.69 Å². The summed E-state index contributed by atoms with van der Waals surface area (Å²) >= 11 is 5.86. The van der Waals surface area contributed by atoms with Gasteiger partial charge in [-0.15, -0.1) is 0 Å². The lowest BCUT2D eigenvalue weighted by Gasteiger charge is -2.23. The molecule has 0 aliphatic rings. The van der Waals surface area contributed by atoms with Crippen LogP contribution in [0, 0.1) is 15.5 Å². The van der Waals surface area contributed by atoms with Gasteiger partial charge in [-0.25, -0.2) is 13.6 Å². The third kappa shape index (κ3) is 5.32. The molecular formula is C11H15ClN2O5S. The molecule has 0 atom stereocenters. The predicted molar refractivity (Wildman–Crippen MR) is 75.4 cm³/mol. The molecule has 20 heavy (non-hydrogen) atoms. The molecule has 0 heterocycles. The largest absolute Gasteiger partial charge is 0.491 e. The van der Waals surface area contributed by atoms with Crippen molar-refractivity contribution in [2.45, 2.75) is 13.8 Å². The lowest BCUT2D eigenvalue weighted by atomic mass is 9.98. The quantitative estimate of drug-likeness (QED) is 0.635. The number of sulfonamides is 1. The van der Waals surface area contributed by atoms with Crippen molar-refractivity contribution < 1.29 is 18.1 Å². The van der Waals surface area contributed by atoms with Gasteiger partial charge in [-0.3, -0.25) is 10.1 Å². The fourth-order valence-corrected chi connectivity index (χ4v) is 2.98. The van der Waals surface area contributed by atoms with E-state index in [0.717, 1.165) is 0 Å². The summed E-state index contributed by atoms with van der Waals surface area (Å²) in [6.45, 7) is 3.41. The Balaban J connectivity index is 2.78. The molecule has 7 nitrogen and oxygen atoms in total. The summed E-state index contributed by atoms with van der Waals surface area (Å²) in [6, 6.07) is 3.80. The number of halogens is 1. The topological polar surface area (TPSA) is 113 Å². The molecule has 0 spiro atoms. The van der Waals surface area contributed by atoms with E-state index in [1.54, 1.807) is 13.8 Å². The number of benzene rings is 1. The minimum atomic E-state index is -3.62. The predicted octanol–water partition coefficient (Wildman–Crippen LogP) is 1.94. The lowest BCUT2D eigenvalue weighted by Crippen LogP contribution is -2.33. The maximum atomic E-state index is 11.1. The van der Waals surface area contributed by atoms with Gasteiger partial charge in [0.1, 0.15) is 5.75 Å². The Morgan fingerprint density at radius 3 is 2.50 bits per heavy atom. The number of primary sulfonamides is 1. The number of ether oxygens (including phenoxy) is 1. The first-order chi connectivity index (χ1) is 9.00. The third-order valence-corrected chi connectivity index (χ3v) is 3.82. The van der Waals surface area contributed by atoms with E-state index in [2.05, 4.69) is 0 Å². The number of nitrogens with two attached hydrogens (primary N) is 1. The highest BCUT2D eigenvalue weighted by Crippen LogP contribution is 2.30. The summed E-state index contributed by atoms with van der Waals surface area (Å²) in [4.78, 5) is 9.99. The zero-order valence-electron chi connectivity index (χ0n) is 11.0. The van der Waals surface area contributed by atoms with Crippen LogP contribution in [0.3, 0.4) is 0 Å². The van der Waals surface area contributed by atoms with E-state index < -0.39 is 20.4 Å². The molecule has 0 unspecified atom stereocenters. The molecule has 0 fully saturated rings. The SMILES string of the molecule is CC(C)(COc1ccc([N+](=O)[O-])cc1Cl)CS(N)(=O)=O. The first kappa shape index (κ1) is 16.7. The summed E-state index contributed by atoms with van der Waals surface area (Å²) in [5.41, 5.74) is -0.857. The number of hydrogen-bond acceptors (Lipinski definition) is 5. The lowest BCUT2D eigenvalue weighted by molar-refractivity contribution is -0.384. The molecule has 0 saturated carbocycles. The molecule has 0 aliphatic heterocycles. The van der Waals surface area contributed by atoms with Crippen LogP contribution in [0.4, 0.5) is 5.69 Å². The van der Waals surface area contributed by atoms with Gasteiger partial charge < -0.3 is 4.74 Å². The van der Waals surface area contributed by atoms with Crippen LogP contribution >= 0.6 is 11.6 Å². The van der Waals surface area contributed by atoms with Crippen LogP contribution in [-0.2, 0) is 10.0 Å². The molecule has 1 aromatic rings. The standard InChI is InChI=1S/C11H15ClN2O5S/c1-11(2,7-20(13,17)18)6-19-10-4-3-8(14(15)16)5-9(10)12/h3-5H,6-7H2,1-2H3,(H2,13,17,18). The van der Waals surface area contributed by atoms with E-state index in [4.69, 9.17) is 21.5 Å². The van der Waals surface area contributed by atoms with Crippen LogP contribution in [0.2, 0.25) is 5.02 Å². The Labute approximate surface area is 121 Å². The fourth-order valence-electron chi connectivity index (χ4n) is 1.58. The Kier molecular flexibility index (Phi) is 4.95. The van der Waals surface area contributed by atoms with E-state index in [1.165, 1.54) is 18.2 Å². The molecule has 1 aromatic carbocycles. The van der Waals surface area contributed by atoms with Crippen molar-refractivity contribution in [2.24, 2.45) is 10.6 Å². The third-order valence-electron chi connectivity index (χ3n) is 2.34. The molecule has 0 saturated heterocycles. The van der Waals surface area contributed by atoms with E-state index in [9.17, 15) is 18.5 Å². The van der Waals surface area contributed by atoms with Crippen molar-refractivity contribution in [3.05, 3.63) is 33.3 Å². The zero-order valence-corrected chi connectivity index (χ0v) is 12.6. The maximum Gasteiger partial charge on any atom is 0.271 e. The van der Waals surface area contributed by atoms with Gasteiger partial charge in [-0.1, -0.05) is 25.4 Å². The first-order valence-corrected chi connectivity index (χ1v) is 7.67. The van der Waals surface area contributed by atoms with Crippen LogP contribution in [0.1, 0.15) is 13.8 Å². The van der Waals surface area contributed by atoms with Crippen LogP contribution in [0.5, 0.6) is 5.75 Å². The first-order valence-electron chi connectivity index (χ1n) is 5.57. The minimum Gasteiger partial charge on any atom is -0.491 e. The Bertz CT molecular complexity index is 615. The van der Waals surface area contributed by atoms with Crippen molar-refractivity contribution in [2.75, 3.05) is 12.4 Å². The normalized spacial score (nSPS) is 12.2. The van der Waals surface area contributed by atoms with E-state index in [1.807, 2.05) is 0 Å². The number of nitro groups is 1. The Morgan fingerprint density at radius 2 is 2.05 bits per heavy atom. The summed E-state index contributed by atoms with van der Waals surface area (Å²) in [7, 11) is -3.62. The van der Waals surface area contributed by atoms with Gasteiger partial charge in [-0.05, 0) is 6.07 Å². The molecule has 112 valence electrons. The van der Waals surface area contributed by atoms with Gasteiger partial charge in [0.2, 0.25) is 10.0 Å². The van der Waals surface area contributed by atoms with Crippen LogP contribution in [0.25, 0.3) is 0 Å². The highest BCUT2D eigenvalue weighted by molar-refractivity contribution is 7.89. The Morgan fingerprint density at radius 1 is 1.45 bits per heavy atom. The fraction of sp³-hybridized carbons (Fsp3) is 0.455. The van der Waals surface area contributed by atoms with Crippen molar-refractivity contribution in [1.82, 2.24) is 0 Å². The highest BCUT2D eigenvalue weighted by atomic mass is 35.5. The van der Waals surface area contributed by atoms with Gasteiger partial charge in [0, 0.05) is 17.5 Å². The average Bonchev–Trinajstić information content (AvgIpc) is 2.23. The number of nitrogens with zero attached hydrogens (tertiary/aromatic N) is 1. The average molecular weight is 323 g/mol. The smallest absolute Gasteiger partial charge is 0.271 e. The second-order valence-corrected chi connectivity index (χ2v) is 7.15. The zero-order chi connectivity index (χ0) is 15.6. The van der Waals surface area contributed by atoms with E-state index in [0.29, 0.717) is 0 Å². The minimum absolute atomic E-state index is 0.0565. The molecular weight excluding hydrogens is 308 g/mol. The van der Waals surface area contributed by atoms with E-state index in [-0.39, 0.29) is 28.8 Å².